The van der Waals surface area contributed by atoms with Gasteiger partial charge in [-0.1, -0.05) is 61.0 Å². The average molecular weight is 474 g/mol. The highest BCUT2D eigenvalue weighted by Gasteiger charge is 2.28. The molecule has 0 unspecified atom stereocenters. The maximum absolute atomic E-state index is 13.1. The lowest BCUT2D eigenvalue weighted by molar-refractivity contribution is -0.131. The van der Waals surface area contributed by atoms with Gasteiger partial charge < -0.3 is 9.80 Å². The summed E-state index contributed by atoms with van der Waals surface area (Å²) in [5.74, 6) is 0.0303. The van der Waals surface area contributed by atoms with Crippen molar-refractivity contribution in [3.8, 4) is 0 Å². The van der Waals surface area contributed by atoms with Crippen LogP contribution in [0.1, 0.15) is 71.0 Å². The van der Waals surface area contributed by atoms with Crippen LogP contribution in [0.5, 0.6) is 0 Å². The Balaban J connectivity index is 1.35. The third-order valence-electron chi connectivity index (χ3n) is 7.08. The standard InChI is InChI=1S/C28H35N5O2/c1-5-26(22-9-7-6-8-10-22)31(4)28(35)25-19-29-33(30-25)24-13-15-32(16-14-24)27(34)18-23-17-20(2)11-12-21(23)3/h6-12,17,19,24,26H,5,13-16,18H2,1-4H3/t26-/m1/s1. The van der Waals surface area contributed by atoms with Gasteiger partial charge in [-0.15, -0.1) is 5.10 Å². The second-order valence-electron chi connectivity index (χ2n) is 9.52. The first-order chi connectivity index (χ1) is 16.9. The smallest absolute Gasteiger partial charge is 0.276 e. The molecule has 2 amide bonds. The number of hydrogen-bond donors (Lipinski definition) is 0. The van der Waals surface area contributed by atoms with Crippen molar-refractivity contribution in [2.75, 3.05) is 20.1 Å². The van der Waals surface area contributed by atoms with E-state index >= 15 is 0 Å². The van der Waals surface area contributed by atoms with Crippen LogP contribution in [0, 0.1) is 13.8 Å². The van der Waals surface area contributed by atoms with E-state index in [1.165, 1.54) is 5.56 Å². The third kappa shape index (κ3) is 5.61. The molecule has 1 aliphatic heterocycles. The topological polar surface area (TPSA) is 71.3 Å². The summed E-state index contributed by atoms with van der Waals surface area (Å²) in [7, 11) is 1.82. The van der Waals surface area contributed by atoms with Crippen LogP contribution in [-0.2, 0) is 11.2 Å². The fourth-order valence-corrected chi connectivity index (χ4v) is 4.89. The van der Waals surface area contributed by atoms with Crippen LogP contribution in [0.3, 0.4) is 0 Å². The SMILES string of the molecule is CC[C@H](c1ccccc1)N(C)C(=O)c1cnn(C2CCN(C(=O)Cc3cc(C)ccc3C)CC2)n1. The molecule has 0 saturated carbocycles. The predicted molar refractivity (Wildman–Crippen MR) is 136 cm³/mol. The second-order valence-corrected chi connectivity index (χ2v) is 9.52. The first-order valence-corrected chi connectivity index (χ1v) is 12.4. The highest BCUT2D eigenvalue weighted by atomic mass is 16.2. The molecule has 0 spiro atoms. The fraction of sp³-hybridized carbons (Fsp3) is 0.429. The van der Waals surface area contributed by atoms with E-state index in [1.807, 2.05) is 42.3 Å². The molecule has 0 bridgehead atoms. The molecule has 1 aliphatic rings. The van der Waals surface area contributed by atoms with Gasteiger partial charge in [0.25, 0.3) is 5.91 Å². The monoisotopic (exact) mass is 473 g/mol. The summed E-state index contributed by atoms with van der Waals surface area (Å²) >= 11 is 0. The van der Waals surface area contributed by atoms with Crippen molar-refractivity contribution in [3.05, 3.63) is 82.7 Å². The number of aryl methyl sites for hydroxylation is 2. The van der Waals surface area contributed by atoms with E-state index in [4.69, 9.17) is 0 Å². The highest BCUT2D eigenvalue weighted by Crippen LogP contribution is 2.25. The third-order valence-corrected chi connectivity index (χ3v) is 7.08. The van der Waals surface area contributed by atoms with Crippen molar-refractivity contribution in [1.82, 2.24) is 24.8 Å². The lowest BCUT2D eigenvalue weighted by Crippen LogP contribution is -2.40. The molecule has 1 aromatic heterocycles. The first-order valence-electron chi connectivity index (χ1n) is 12.4. The summed E-state index contributed by atoms with van der Waals surface area (Å²) in [4.78, 5) is 31.4. The van der Waals surface area contributed by atoms with Gasteiger partial charge in [0.1, 0.15) is 0 Å². The largest absolute Gasteiger partial charge is 0.342 e. The molecule has 0 N–H and O–H groups in total. The number of rotatable bonds is 7. The Kier molecular flexibility index (Phi) is 7.63. The van der Waals surface area contributed by atoms with E-state index < -0.39 is 0 Å². The van der Waals surface area contributed by atoms with E-state index in [-0.39, 0.29) is 23.9 Å². The van der Waals surface area contributed by atoms with E-state index in [9.17, 15) is 9.59 Å². The number of hydrogen-bond acceptors (Lipinski definition) is 4. The molecular weight excluding hydrogens is 438 g/mol. The molecule has 184 valence electrons. The van der Waals surface area contributed by atoms with Crippen LogP contribution in [-0.4, -0.2) is 56.7 Å². The quantitative estimate of drug-likeness (QED) is 0.506. The second kappa shape index (κ2) is 10.8. The predicted octanol–water partition coefficient (Wildman–Crippen LogP) is 4.52. The number of nitrogens with zero attached hydrogens (tertiary/aromatic N) is 5. The van der Waals surface area contributed by atoms with E-state index in [2.05, 4.69) is 49.2 Å². The van der Waals surface area contributed by atoms with Gasteiger partial charge in [-0.3, -0.25) is 9.59 Å². The van der Waals surface area contributed by atoms with Crippen LogP contribution in [0.2, 0.25) is 0 Å². The molecule has 7 nitrogen and oxygen atoms in total. The Morgan fingerprint density at radius 1 is 1.09 bits per heavy atom. The molecule has 0 radical (unpaired) electrons. The van der Waals surface area contributed by atoms with Crippen molar-refractivity contribution in [3.63, 3.8) is 0 Å². The van der Waals surface area contributed by atoms with Crippen molar-refractivity contribution in [1.29, 1.82) is 0 Å². The first kappa shape index (κ1) is 24.6. The maximum Gasteiger partial charge on any atom is 0.276 e. The number of piperidine rings is 1. The number of amides is 2. The average Bonchev–Trinajstić information content (AvgIpc) is 3.37. The summed E-state index contributed by atoms with van der Waals surface area (Å²) in [6.45, 7) is 7.52. The highest BCUT2D eigenvalue weighted by molar-refractivity contribution is 5.92. The Labute approximate surface area is 207 Å². The Morgan fingerprint density at radius 3 is 2.49 bits per heavy atom. The van der Waals surface area contributed by atoms with E-state index in [0.29, 0.717) is 25.2 Å². The lowest BCUT2D eigenvalue weighted by Gasteiger charge is -2.31. The van der Waals surface area contributed by atoms with Crippen molar-refractivity contribution in [2.24, 2.45) is 0 Å². The van der Waals surface area contributed by atoms with Crippen molar-refractivity contribution < 1.29 is 9.59 Å². The van der Waals surface area contributed by atoms with Crippen molar-refractivity contribution >= 4 is 11.8 Å². The summed E-state index contributed by atoms with van der Waals surface area (Å²) < 4.78 is 0. The number of carbonyl (C=O) groups is 2. The summed E-state index contributed by atoms with van der Waals surface area (Å²) in [5.41, 5.74) is 4.89. The Morgan fingerprint density at radius 2 is 1.80 bits per heavy atom. The minimum absolute atomic E-state index is 0.0138. The van der Waals surface area contributed by atoms with Crippen LogP contribution in [0.4, 0.5) is 0 Å². The Hall–Kier alpha value is -3.48. The molecule has 2 heterocycles. The van der Waals surface area contributed by atoms with Crippen LogP contribution < -0.4 is 0 Å². The van der Waals surface area contributed by atoms with E-state index in [0.717, 1.165) is 36.0 Å². The van der Waals surface area contributed by atoms with Crippen molar-refractivity contribution in [2.45, 2.75) is 58.5 Å². The maximum atomic E-state index is 13.1. The molecule has 2 aromatic carbocycles. The van der Waals surface area contributed by atoms with Crippen LogP contribution in [0.15, 0.2) is 54.7 Å². The summed E-state index contributed by atoms with van der Waals surface area (Å²) in [6.07, 6.45) is 4.36. The minimum atomic E-state index is -0.131. The molecule has 1 fully saturated rings. The number of carbonyl (C=O) groups excluding carboxylic acids is 2. The molecule has 35 heavy (non-hydrogen) atoms. The number of aromatic nitrogens is 3. The van der Waals surface area contributed by atoms with Gasteiger partial charge in [0.2, 0.25) is 5.91 Å². The molecule has 7 heteroatoms. The van der Waals surface area contributed by atoms with Crippen LogP contribution in [0.25, 0.3) is 0 Å². The molecule has 0 aliphatic carbocycles. The fourth-order valence-electron chi connectivity index (χ4n) is 4.89. The molecule has 4 rings (SSSR count). The zero-order valence-electron chi connectivity index (χ0n) is 21.1. The molecule has 1 atom stereocenters. The van der Waals surface area contributed by atoms with Crippen LogP contribution >= 0.6 is 0 Å². The molecule has 1 saturated heterocycles. The summed E-state index contributed by atoms with van der Waals surface area (Å²) in [5, 5.41) is 8.95. The van der Waals surface area contributed by atoms with Gasteiger partial charge in [-0.2, -0.15) is 9.90 Å². The van der Waals surface area contributed by atoms with Gasteiger partial charge in [0.05, 0.1) is 24.7 Å². The van der Waals surface area contributed by atoms with Gasteiger partial charge in [0.15, 0.2) is 5.69 Å². The number of likely N-dealkylation sites (tertiary alicyclic amines) is 1. The lowest BCUT2D eigenvalue weighted by atomic mass is 10.0. The van der Waals surface area contributed by atoms with Gasteiger partial charge in [0, 0.05) is 20.1 Å². The van der Waals surface area contributed by atoms with E-state index in [1.54, 1.807) is 15.9 Å². The molecule has 3 aromatic rings. The van der Waals surface area contributed by atoms with Gasteiger partial charge in [-0.05, 0) is 49.8 Å². The molecular formula is C28H35N5O2. The number of benzene rings is 2. The zero-order valence-corrected chi connectivity index (χ0v) is 21.1. The minimum Gasteiger partial charge on any atom is -0.342 e. The van der Waals surface area contributed by atoms with Gasteiger partial charge >= 0.3 is 0 Å². The summed E-state index contributed by atoms with van der Waals surface area (Å²) in [6, 6.07) is 16.4. The normalized spacial score (nSPS) is 15.1. The zero-order chi connectivity index (χ0) is 24.9. The Bertz CT molecular complexity index is 1170. The van der Waals surface area contributed by atoms with Gasteiger partial charge in [-0.25, -0.2) is 0 Å².